The van der Waals surface area contributed by atoms with E-state index in [-0.39, 0.29) is 27.8 Å². The van der Waals surface area contributed by atoms with Crippen molar-refractivity contribution in [1.29, 1.82) is 0 Å². The van der Waals surface area contributed by atoms with Crippen molar-refractivity contribution in [2.24, 2.45) is 10.8 Å². The minimum absolute atomic E-state index is 0.0733. The number of nitrogens with zero attached hydrogens (tertiary/aromatic N) is 4. The molecule has 35 heavy (non-hydrogen) atoms. The van der Waals surface area contributed by atoms with Crippen molar-refractivity contribution in [3.63, 3.8) is 0 Å². The van der Waals surface area contributed by atoms with E-state index < -0.39 is 23.1 Å². The van der Waals surface area contributed by atoms with Gasteiger partial charge in [0.15, 0.2) is 6.61 Å². The maximum Gasteiger partial charge on any atom is 0.313 e. The van der Waals surface area contributed by atoms with Crippen LogP contribution >= 0.6 is 27.5 Å². The molecule has 4 rings (SSSR count). The molecule has 12 heteroatoms. The SMILES string of the molecule is NC(=O)COc1c(Cl)cc(C=Nn2c(C3CCCCC3)nc3ccc(Br)cc3c2=O)cc1[N+](=O)[O-]. The van der Waals surface area contributed by atoms with E-state index in [1.807, 2.05) is 6.07 Å². The summed E-state index contributed by atoms with van der Waals surface area (Å²) < 4.78 is 7.12. The monoisotopic (exact) mass is 561 g/mol. The highest BCUT2D eigenvalue weighted by atomic mass is 79.9. The summed E-state index contributed by atoms with van der Waals surface area (Å²) in [5.41, 5.74) is 5.11. The van der Waals surface area contributed by atoms with E-state index in [2.05, 4.69) is 21.0 Å². The topological polar surface area (TPSA) is 143 Å². The third-order valence-electron chi connectivity index (χ3n) is 5.73. The first kappa shape index (κ1) is 24.8. The molecule has 0 atom stereocenters. The number of carbonyl (C=O) groups excluding carboxylic acids is 1. The summed E-state index contributed by atoms with van der Waals surface area (Å²) >= 11 is 9.58. The van der Waals surface area contributed by atoms with Crippen molar-refractivity contribution in [1.82, 2.24) is 9.66 Å². The normalized spacial score (nSPS) is 14.5. The molecule has 2 N–H and O–H groups in total. The van der Waals surface area contributed by atoms with Crippen LogP contribution in [0, 0.1) is 10.1 Å². The van der Waals surface area contributed by atoms with E-state index in [4.69, 9.17) is 27.1 Å². The zero-order valence-electron chi connectivity index (χ0n) is 18.4. The number of hydrogen-bond acceptors (Lipinski definition) is 7. The number of ether oxygens (including phenoxy) is 1. The van der Waals surface area contributed by atoms with Gasteiger partial charge in [-0.25, -0.2) is 4.98 Å². The first-order chi connectivity index (χ1) is 16.7. The largest absolute Gasteiger partial charge is 0.476 e. The van der Waals surface area contributed by atoms with Gasteiger partial charge in [-0.3, -0.25) is 19.7 Å². The number of carbonyl (C=O) groups is 1. The van der Waals surface area contributed by atoms with Crippen LogP contribution in [0.4, 0.5) is 5.69 Å². The lowest BCUT2D eigenvalue weighted by molar-refractivity contribution is -0.385. The van der Waals surface area contributed by atoms with Gasteiger partial charge in [0.1, 0.15) is 5.82 Å². The third kappa shape index (κ3) is 5.51. The van der Waals surface area contributed by atoms with E-state index in [0.29, 0.717) is 16.7 Å². The first-order valence-corrected chi connectivity index (χ1v) is 12.1. The number of primary amides is 1. The second-order valence-corrected chi connectivity index (χ2v) is 9.51. The second-order valence-electron chi connectivity index (χ2n) is 8.19. The minimum Gasteiger partial charge on any atom is -0.476 e. The molecule has 0 spiro atoms. The Balaban J connectivity index is 1.81. The predicted octanol–water partition coefficient (Wildman–Crippen LogP) is 4.51. The van der Waals surface area contributed by atoms with Crippen molar-refractivity contribution in [2.45, 2.75) is 38.0 Å². The van der Waals surface area contributed by atoms with E-state index >= 15 is 0 Å². The average molecular weight is 563 g/mol. The van der Waals surface area contributed by atoms with Crippen molar-refractivity contribution in [3.05, 3.63) is 71.7 Å². The molecule has 1 heterocycles. The molecule has 0 unspecified atom stereocenters. The molecule has 0 radical (unpaired) electrons. The van der Waals surface area contributed by atoms with Gasteiger partial charge in [0.2, 0.25) is 5.75 Å². The van der Waals surface area contributed by atoms with Crippen LogP contribution in [0.5, 0.6) is 5.75 Å². The highest BCUT2D eigenvalue weighted by Gasteiger charge is 2.24. The summed E-state index contributed by atoms with van der Waals surface area (Å²) in [4.78, 5) is 40.1. The molecule has 1 amide bonds. The Morgan fingerprint density at radius 3 is 2.74 bits per heavy atom. The maximum absolute atomic E-state index is 13.4. The highest BCUT2D eigenvalue weighted by Crippen LogP contribution is 2.36. The number of rotatable bonds is 7. The van der Waals surface area contributed by atoms with Gasteiger partial charge in [0.05, 0.1) is 27.1 Å². The van der Waals surface area contributed by atoms with Crippen molar-refractivity contribution in [2.75, 3.05) is 6.61 Å². The average Bonchev–Trinajstić information content (AvgIpc) is 2.83. The Hall–Kier alpha value is -3.31. The van der Waals surface area contributed by atoms with Crippen LogP contribution < -0.4 is 16.0 Å². The molecule has 1 aromatic heterocycles. The molecule has 0 saturated heterocycles. The molecule has 3 aromatic rings. The number of halogens is 2. The van der Waals surface area contributed by atoms with Crippen LogP contribution in [-0.2, 0) is 4.79 Å². The van der Waals surface area contributed by atoms with E-state index in [0.717, 1.165) is 36.6 Å². The number of fused-ring (bicyclic) bond motifs is 1. The van der Waals surface area contributed by atoms with Crippen LogP contribution in [0.25, 0.3) is 10.9 Å². The van der Waals surface area contributed by atoms with Gasteiger partial charge in [-0.15, -0.1) is 0 Å². The maximum atomic E-state index is 13.4. The summed E-state index contributed by atoms with van der Waals surface area (Å²) in [6.45, 7) is -0.563. The summed E-state index contributed by atoms with van der Waals surface area (Å²) in [6, 6.07) is 7.89. The summed E-state index contributed by atoms with van der Waals surface area (Å²) in [5.74, 6) is -0.442. The van der Waals surface area contributed by atoms with Crippen LogP contribution in [0.1, 0.15) is 49.4 Å². The first-order valence-electron chi connectivity index (χ1n) is 10.9. The molecule has 2 aromatic carbocycles. The van der Waals surface area contributed by atoms with Gasteiger partial charge < -0.3 is 10.5 Å². The van der Waals surface area contributed by atoms with Gasteiger partial charge in [-0.2, -0.15) is 9.78 Å². The van der Waals surface area contributed by atoms with Gasteiger partial charge in [0, 0.05) is 22.0 Å². The zero-order chi connectivity index (χ0) is 25.1. The number of hydrogen-bond donors (Lipinski definition) is 1. The molecule has 1 aliphatic rings. The lowest BCUT2D eigenvalue weighted by Crippen LogP contribution is -2.25. The molecule has 1 aliphatic carbocycles. The lowest BCUT2D eigenvalue weighted by Gasteiger charge is -2.22. The van der Waals surface area contributed by atoms with E-state index in [1.54, 1.807) is 12.1 Å². The fourth-order valence-corrected chi connectivity index (χ4v) is 4.76. The number of aromatic nitrogens is 2. The number of nitro groups is 1. The zero-order valence-corrected chi connectivity index (χ0v) is 20.8. The Morgan fingerprint density at radius 2 is 2.06 bits per heavy atom. The van der Waals surface area contributed by atoms with Crippen LogP contribution in [0.15, 0.2) is 44.7 Å². The van der Waals surface area contributed by atoms with Crippen molar-refractivity contribution < 1.29 is 14.5 Å². The van der Waals surface area contributed by atoms with Gasteiger partial charge >= 0.3 is 5.69 Å². The van der Waals surface area contributed by atoms with Gasteiger partial charge in [0.25, 0.3) is 11.5 Å². The summed E-state index contributed by atoms with van der Waals surface area (Å²) in [5, 5.41) is 16.3. The van der Waals surface area contributed by atoms with E-state index in [9.17, 15) is 19.7 Å². The van der Waals surface area contributed by atoms with Crippen molar-refractivity contribution in [3.8, 4) is 5.75 Å². The number of nitro benzene ring substituents is 1. The fraction of sp³-hybridized carbons (Fsp3) is 0.304. The standard InChI is InChI=1S/C23H21BrClN5O5/c24-15-6-7-18-16(10-15)23(32)29(22(28-18)14-4-2-1-3-5-14)27-11-13-8-17(25)21(35-12-20(26)31)19(9-13)30(33)34/h6-11,14H,1-5,12H2,(H2,26,31). The molecular weight excluding hydrogens is 542 g/mol. The molecular formula is C23H21BrClN5O5. The smallest absolute Gasteiger partial charge is 0.313 e. The molecule has 0 aliphatic heterocycles. The molecule has 182 valence electrons. The van der Waals surface area contributed by atoms with Crippen LogP contribution in [0.2, 0.25) is 5.02 Å². The molecule has 1 fully saturated rings. The van der Waals surface area contributed by atoms with Gasteiger partial charge in [-0.1, -0.05) is 46.8 Å². The van der Waals surface area contributed by atoms with Gasteiger partial charge in [-0.05, 0) is 37.1 Å². The van der Waals surface area contributed by atoms with Crippen molar-refractivity contribution >= 4 is 56.2 Å². The number of benzene rings is 2. The minimum atomic E-state index is -0.800. The fourth-order valence-electron chi connectivity index (χ4n) is 4.12. The quantitative estimate of drug-likeness (QED) is 0.255. The summed E-state index contributed by atoms with van der Waals surface area (Å²) in [7, 11) is 0. The summed E-state index contributed by atoms with van der Waals surface area (Å²) in [6.07, 6.45) is 6.32. The predicted molar refractivity (Wildman–Crippen MR) is 135 cm³/mol. The van der Waals surface area contributed by atoms with Crippen LogP contribution in [0.3, 0.4) is 0 Å². The number of nitrogens with two attached hydrogens (primary N) is 1. The van der Waals surface area contributed by atoms with E-state index in [1.165, 1.54) is 23.0 Å². The number of amides is 1. The Morgan fingerprint density at radius 1 is 1.31 bits per heavy atom. The Kier molecular flexibility index (Phi) is 7.46. The Bertz CT molecular complexity index is 1400. The second kappa shape index (κ2) is 10.5. The highest BCUT2D eigenvalue weighted by molar-refractivity contribution is 9.10. The third-order valence-corrected chi connectivity index (χ3v) is 6.50. The Labute approximate surface area is 213 Å². The molecule has 10 nitrogen and oxygen atoms in total. The molecule has 1 saturated carbocycles. The van der Waals surface area contributed by atoms with Crippen LogP contribution in [-0.4, -0.2) is 33.3 Å². The lowest BCUT2D eigenvalue weighted by atomic mass is 9.88. The molecule has 0 bridgehead atoms.